The summed E-state index contributed by atoms with van der Waals surface area (Å²) in [4.78, 5) is 16.0. The number of nitrogens with zero attached hydrogens (tertiary/aromatic N) is 7. The highest BCUT2D eigenvalue weighted by Gasteiger charge is 2.15. The van der Waals surface area contributed by atoms with E-state index in [2.05, 4.69) is 39.5 Å². The molecule has 4 heterocycles. The summed E-state index contributed by atoms with van der Waals surface area (Å²) >= 11 is 0. The third-order valence-corrected chi connectivity index (χ3v) is 4.15. The smallest absolute Gasteiger partial charge is 0.180 e. The van der Waals surface area contributed by atoms with Crippen molar-refractivity contribution in [3.63, 3.8) is 0 Å². The first-order valence-electron chi connectivity index (χ1n) is 8.46. The molecule has 0 aliphatic rings. The zero-order valence-electron chi connectivity index (χ0n) is 14.9. The van der Waals surface area contributed by atoms with Gasteiger partial charge in [0.2, 0.25) is 0 Å². The number of tetrazole rings is 1. The van der Waals surface area contributed by atoms with Crippen LogP contribution in [0.4, 0.5) is 0 Å². The molecule has 0 N–H and O–H groups in total. The summed E-state index contributed by atoms with van der Waals surface area (Å²) in [6, 6.07) is 9.30. The van der Waals surface area contributed by atoms with Gasteiger partial charge in [-0.2, -0.15) is 9.61 Å². The molecule has 27 heavy (non-hydrogen) atoms. The number of fused-ring (bicyclic) bond motifs is 1. The minimum absolute atomic E-state index is 0.203. The van der Waals surface area contributed by atoms with E-state index in [1.165, 1.54) is 4.52 Å². The van der Waals surface area contributed by atoms with E-state index >= 15 is 0 Å². The second kappa shape index (κ2) is 6.94. The van der Waals surface area contributed by atoms with Crippen LogP contribution >= 0.6 is 0 Å². The molecule has 0 saturated heterocycles. The summed E-state index contributed by atoms with van der Waals surface area (Å²) in [5.41, 5.74) is 3.33. The van der Waals surface area contributed by atoms with E-state index in [0.29, 0.717) is 17.7 Å². The molecular weight excluding hydrogens is 346 g/mol. The maximum atomic E-state index is 11.5. The monoisotopic (exact) mass is 363 g/mol. The molecule has 0 aliphatic heterocycles. The second-order valence-corrected chi connectivity index (χ2v) is 6.20. The third-order valence-electron chi connectivity index (χ3n) is 4.15. The number of pyridine rings is 2. The predicted molar refractivity (Wildman–Crippen MR) is 96.3 cm³/mol. The minimum Gasteiger partial charge on any atom is -0.486 e. The fourth-order valence-corrected chi connectivity index (χ4v) is 2.89. The normalized spacial score (nSPS) is 11.2. The minimum atomic E-state index is 0.203. The highest BCUT2D eigenvalue weighted by molar-refractivity contribution is 5.78. The van der Waals surface area contributed by atoms with Crippen LogP contribution in [0.1, 0.15) is 35.9 Å². The molecule has 0 fully saturated rings. The molecule has 9 heteroatoms. The Labute approximate surface area is 154 Å². The van der Waals surface area contributed by atoms with Crippen LogP contribution in [-0.4, -0.2) is 41.1 Å². The Morgan fingerprint density at radius 2 is 2.07 bits per heavy atom. The Morgan fingerprint density at radius 1 is 1.19 bits per heavy atom. The van der Waals surface area contributed by atoms with E-state index in [9.17, 15) is 4.79 Å². The number of aromatic nitrogens is 7. The summed E-state index contributed by atoms with van der Waals surface area (Å²) < 4.78 is 9.17. The highest BCUT2D eigenvalue weighted by atomic mass is 16.5. The Bertz CT molecular complexity index is 1100. The standard InChI is InChI=1S/C18H17N7O2/c1-12(2)24-14(7-9-20-24)18-13(4-3-8-19-18)11-27-16-5-6-17-21-22-23-25(17)15(16)10-26/h3-10,12H,11H2,1-2H3. The molecule has 0 spiro atoms. The van der Waals surface area contributed by atoms with Crippen LogP contribution in [0, 0.1) is 0 Å². The molecule has 0 radical (unpaired) electrons. The molecule has 0 unspecified atom stereocenters. The van der Waals surface area contributed by atoms with Gasteiger partial charge in [-0.05, 0) is 48.5 Å². The summed E-state index contributed by atoms with van der Waals surface area (Å²) in [5, 5.41) is 15.6. The molecule has 0 bridgehead atoms. The van der Waals surface area contributed by atoms with E-state index in [-0.39, 0.29) is 18.3 Å². The second-order valence-electron chi connectivity index (χ2n) is 6.20. The number of ether oxygens (including phenoxy) is 1. The van der Waals surface area contributed by atoms with Crippen LogP contribution in [0.3, 0.4) is 0 Å². The van der Waals surface area contributed by atoms with Crippen molar-refractivity contribution in [3.05, 3.63) is 54.0 Å². The van der Waals surface area contributed by atoms with Gasteiger partial charge in [0.25, 0.3) is 0 Å². The Morgan fingerprint density at radius 3 is 2.89 bits per heavy atom. The molecule has 0 amide bonds. The SMILES string of the molecule is CC(C)n1nccc1-c1ncccc1COc1ccc2nnnn2c1C=O. The quantitative estimate of drug-likeness (QED) is 0.485. The van der Waals surface area contributed by atoms with Crippen molar-refractivity contribution in [1.82, 2.24) is 34.8 Å². The van der Waals surface area contributed by atoms with Crippen LogP contribution in [-0.2, 0) is 6.61 Å². The zero-order chi connectivity index (χ0) is 18.8. The molecule has 9 nitrogen and oxygen atoms in total. The molecule has 4 rings (SSSR count). The maximum absolute atomic E-state index is 11.5. The zero-order valence-corrected chi connectivity index (χ0v) is 14.9. The summed E-state index contributed by atoms with van der Waals surface area (Å²) in [5.74, 6) is 0.400. The first-order valence-corrected chi connectivity index (χ1v) is 8.46. The fourth-order valence-electron chi connectivity index (χ4n) is 2.89. The van der Waals surface area contributed by atoms with Gasteiger partial charge in [-0.15, -0.1) is 5.10 Å². The lowest BCUT2D eigenvalue weighted by Gasteiger charge is -2.14. The average Bonchev–Trinajstić information content (AvgIpc) is 3.35. The lowest BCUT2D eigenvalue weighted by atomic mass is 10.1. The summed E-state index contributed by atoms with van der Waals surface area (Å²) in [7, 11) is 0. The van der Waals surface area contributed by atoms with Gasteiger partial charge in [0, 0.05) is 24.0 Å². The summed E-state index contributed by atoms with van der Waals surface area (Å²) in [6.07, 6.45) is 4.17. The number of rotatable bonds is 6. The topological polar surface area (TPSA) is 100 Å². The molecule has 0 saturated carbocycles. The number of aldehydes is 1. The van der Waals surface area contributed by atoms with Crippen LogP contribution < -0.4 is 4.74 Å². The van der Waals surface area contributed by atoms with Crippen molar-refractivity contribution in [2.45, 2.75) is 26.5 Å². The van der Waals surface area contributed by atoms with Crippen LogP contribution in [0.15, 0.2) is 42.7 Å². The number of hydrogen-bond acceptors (Lipinski definition) is 7. The third kappa shape index (κ3) is 3.03. The lowest BCUT2D eigenvalue weighted by molar-refractivity contribution is 0.111. The van der Waals surface area contributed by atoms with Crippen molar-refractivity contribution in [2.24, 2.45) is 0 Å². The van der Waals surface area contributed by atoms with Crippen LogP contribution in [0.2, 0.25) is 0 Å². The van der Waals surface area contributed by atoms with Crippen LogP contribution in [0.25, 0.3) is 17.0 Å². The van der Waals surface area contributed by atoms with Gasteiger partial charge >= 0.3 is 0 Å². The van der Waals surface area contributed by atoms with E-state index in [4.69, 9.17) is 4.74 Å². The van der Waals surface area contributed by atoms with Gasteiger partial charge in [0.15, 0.2) is 17.6 Å². The lowest BCUT2D eigenvalue weighted by Crippen LogP contribution is -2.08. The Kier molecular flexibility index (Phi) is 4.33. The molecule has 4 aromatic heterocycles. The van der Waals surface area contributed by atoms with Crippen LogP contribution in [0.5, 0.6) is 5.75 Å². The van der Waals surface area contributed by atoms with Gasteiger partial charge in [-0.3, -0.25) is 14.5 Å². The average molecular weight is 363 g/mol. The van der Waals surface area contributed by atoms with Gasteiger partial charge in [0.1, 0.15) is 12.4 Å². The number of hydrogen-bond donors (Lipinski definition) is 0. The van der Waals surface area contributed by atoms with E-state index in [1.54, 1.807) is 24.5 Å². The predicted octanol–water partition coefficient (Wildman–Crippen LogP) is 2.36. The highest BCUT2D eigenvalue weighted by Crippen LogP contribution is 2.25. The first-order chi connectivity index (χ1) is 13.2. The molecule has 0 aliphatic carbocycles. The maximum Gasteiger partial charge on any atom is 0.180 e. The van der Waals surface area contributed by atoms with E-state index in [1.807, 2.05) is 22.9 Å². The largest absolute Gasteiger partial charge is 0.486 e. The Hall–Kier alpha value is -3.62. The number of carbonyl (C=O) groups excluding carboxylic acids is 1. The van der Waals surface area contributed by atoms with Gasteiger partial charge in [0.05, 0.1) is 11.4 Å². The Balaban J connectivity index is 1.67. The molecule has 0 aromatic carbocycles. The number of carbonyl (C=O) groups is 1. The van der Waals surface area contributed by atoms with Gasteiger partial charge < -0.3 is 4.74 Å². The first kappa shape index (κ1) is 16.8. The van der Waals surface area contributed by atoms with Crippen molar-refractivity contribution >= 4 is 11.9 Å². The molecule has 136 valence electrons. The molecule has 0 atom stereocenters. The van der Waals surface area contributed by atoms with Gasteiger partial charge in [-0.1, -0.05) is 6.07 Å². The summed E-state index contributed by atoms with van der Waals surface area (Å²) in [6.45, 7) is 4.36. The molecule has 4 aromatic rings. The van der Waals surface area contributed by atoms with Crippen molar-refractivity contribution in [1.29, 1.82) is 0 Å². The molecular formula is C18H17N7O2. The van der Waals surface area contributed by atoms with Gasteiger partial charge in [-0.25, -0.2) is 0 Å². The van der Waals surface area contributed by atoms with Crippen molar-refractivity contribution in [3.8, 4) is 17.1 Å². The van der Waals surface area contributed by atoms with Crippen molar-refractivity contribution in [2.75, 3.05) is 0 Å². The fraction of sp³-hybridized carbons (Fsp3) is 0.222. The van der Waals surface area contributed by atoms with Crippen molar-refractivity contribution < 1.29 is 9.53 Å². The van der Waals surface area contributed by atoms with E-state index in [0.717, 1.165) is 17.0 Å². The van der Waals surface area contributed by atoms with E-state index < -0.39 is 0 Å².